The molecular weight excluding hydrogens is 272 g/mol. The van der Waals surface area contributed by atoms with Crippen LogP contribution < -0.4 is 10.9 Å². The lowest BCUT2D eigenvalue weighted by Crippen LogP contribution is -2.27. The average molecular weight is 286 g/mol. The molecule has 0 spiro atoms. The number of carbonyl (C=O) groups is 2. The van der Waals surface area contributed by atoms with Crippen LogP contribution in [0.25, 0.3) is 0 Å². The molecule has 0 saturated heterocycles. The Balaban J connectivity index is 2.26. The van der Waals surface area contributed by atoms with Crippen LogP contribution in [0.5, 0.6) is 0 Å². The topological polar surface area (TPSA) is 77.4 Å². The number of rotatable bonds is 3. The van der Waals surface area contributed by atoms with Gasteiger partial charge in [0, 0.05) is 18.9 Å². The highest BCUT2D eigenvalue weighted by Gasteiger charge is 2.12. The summed E-state index contributed by atoms with van der Waals surface area (Å²) in [5, 5.41) is 2.59. The fourth-order valence-electron chi connectivity index (χ4n) is 1.81. The van der Waals surface area contributed by atoms with Crippen molar-refractivity contribution < 1.29 is 14.3 Å². The Labute approximate surface area is 121 Å². The van der Waals surface area contributed by atoms with Gasteiger partial charge in [0.2, 0.25) is 0 Å². The maximum Gasteiger partial charge on any atom is 0.337 e. The summed E-state index contributed by atoms with van der Waals surface area (Å²) in [5.74, 6) is -1.03. The largest absolute Gasteiger partial charge is 0.465 e. The van der Waals surface area contributed by atoms with E-state index >= 15 is 0 Å². The summed E-state index contributed by atoms with van der Waals surface area (Å²) in [7, 11) is 2.85. The van der Waals surface area contributed by atoms with Gasteiger partial charge in [-0.05, 0) is 30.3 Å². The average Bonchev–Trinajstić information content (AvgIpc) is 2.49. The molecule has 0 bridgehead atoms. The van der Waals surface area contributed by atoms with E-state index in [4.69, 9.17) is 0 Å². The standard InChI is InChI=1S/C15H14N2O4/c1-17-8-4-7-12(14(17)19)13(18)16-11-6-3-5-10(9-11)15(20)21-2/h3-9H,1-2H3,(H,16,18). The number of aryl methyl sites for hydroxylation is 1. The van der Waals surface area contributed by atoms with E-state index in [1.807, 2.05) is 0 Å². The molecule has 1 aromatic heterocycles. The fraction of sp³-hybridized carbons (Fsp3) is 0.133. The minimum absolute atomic E-state index is 0.0310. The van der Waals surface area contributed by atoms with Crippen LogP contribution in [0.15, 0.2) is 47.4 Å². The Hall–Kier alpha value is -2.89. The predicted molar refractivity (Wildman–Crippen MR) is 77.4 cm³/mol. The van der Waals surface area contributed by atoms with Crippen molar-refractivity contribution in [1.82, 2.24) is 4.57 Å². The van der Waals surface area contributed by atoms with Crippen molar-refractivity contribution in [1.29, 1.82) is 0 Å². The number of aromatic nitrogens is 1. The van der Waals surface area contributed by atoms with Crippen molar-refractivity contribution in [3.63, 3.8) is 0 Å². The molecule has 2 aromatic rings. The molecule has 2 rings (SSSR count). The summed E-state index contributed by atoms with van der Waals surface area (Å²) in [5.41, 5.74) is 0.368. The Morgan fingerprint density at radius 3 is 2.67 bits per heavy atom. The second kappa shape index (κ2) is 6.04. The van der Waals surface area contributed by atoms with Gasteiger partial charge in [-0.15, -0.1) is 0 Å². The van der Waals surface area contributed by atoms with E-state index in [1.54, 1.807) is 37.5 Å². The molecule has 0 fully saturated rings. The van der Waals surface area contributed by atoms with Gasteiger partial charge in [-0.2, -0.15) is 0 Å². The summed E-state index contributed by atoms with van der Waals surface area (Å²) >= 11 is 0. The first-order valence-electron chi connectivity index (χ1n) is 6.18. The number of nitrogens with one attached hydrogen (secondary N) is 1. The number of ether oxygens (including phenoxy) is 1. The van der Waals surface area contributed by atoms with Gasteiger partial charge in [0.25, 0.3) is 11.5 Å². The van der Waals surface area contributed by atoms with Gasteiger partial charge < -0.3 is 14.6 Å². The normalized spacial score (nSPS) is 10.0. The second-order valence-electron chi connectivity index (χ2n) is 4.36. The number of anilines is 1. The zero-order chi connectivity index (χ0) is 15.4. The third-order valence-electron chi connectivity index (χ3n) is 2.91. The zero-order valence-corrected chi connectivity index (χ0v) is 11.6. The van der Waals surface area contributed by atoms with Crippen LogP contribution in [0.2, 0.25) is 0 Å². The van der Waals surface area contributed by atoms with Gasteiger partial charge >= 0.3 is 5.97 Å². The molecule has 0 aliphatic rings. The van der Waals surface area contributed by atoms with E-state index < -0.39 is 11.9 Å². The number of benzene rings is 1. The molecule has 0 aliphatic heterocycles. The number of hydrogen-bond donors (Lipinski definition) is 1. The monoisotopic (exact) mass is 286 g/mol. The number of methoxy groups -OCH3 is 1. The Morgan fingerprint density at radius 1 is 1.19 bits per heavy atom. The van der Waals surface area contributed by atoms with Crippen LogP contribution in [0.3, 0.4) is 0 Å². The zero-order valence-electron chi connectivity index (χ0n) is 11.6. The van der Waals surface area contributed by atoms with Crippen LogP contribution in [-0.4, -0.2) is 23.6 Å². The molecule has 0 atom stereocenters. The van der Waals surface area contributed by atoms with Crippen molar-refractivity contribution in [2.45, 2.75) is 0 Å². The van der Waals surface area contributed by atoms with Crippen molar-refractivity contribution >= 4 is 17.6 Å². The highest BCUT2D eigenvalue weighted by molar-refractivity contribution is 6.04. The molecular formula is C15H14N2O4. The number of hydrogen-bond acceptors (Lipinski definition) is 4. The van der Waals surface area contributed by atoms with E-state index in [1.165, 1.54) is 23.8 Å². The van der Waals surface area contributed by atoms with E-state index in [0.717, 1.165) is 0 Å². The van der Waals surface area contributed by atoms with Crippen LogP contribution >= 0.6 is 0 Å². The lowest BCUT2D eigenvalue weighted by molar-refractivity contribution is 0.0600. The lowest BCUT2D eigenvalue weighted by Gasteiger charge is -2.07. The van der Waals surface area contributed by atoms with Gasteiger partial charge in [-0.3, -0.25) is 9.59 Å². The summed E-state index contributed by atoms with van der Waals surface area (Å²) in [6.07, 6.45) is 1.57. The Bertz CT molecular complexity index is 749. The van der Waals surface area contributed by atoms with E-state index in [-0.39, 0.29) is 11.1 Å². The molecule has 0 aliphatic carbocycles. The minimum Gasteiger partial charge on any atom is -0.465 e. The Morgan fingerprint density at radius 2 is 1.95 bits per heavy atom. The lowest BCUT2D eigenvalue weighted by atomic mass is 10.2. The first kappa shape index (κ1) is 14.5. The molecule has 6 nitrogen and oxygen atoms in total. The predicted octanol–water partition coefficient (Wildman–Crippen LogP) is 1.42. The third kappa shape index (κ3) is 3.17. The van der Waals surface area contributed by atoms with Gasteiger partial charge in [-0.1, -0.05) is 6.07 Å². The van der Waals surface area contributed by atoms with Crippen molar-refractivity contribution in [3.05, 3.63) is 64.1 Å². The van der Waals surface area contributed by atoms with Crippen LogP contribution in [0.4, 0.5) is 5.69 Å². The highest BCUT2D eigenvalue weighted by Crippen LogP contribution is 2.12. The Kier molecular flexibility index (Phi) is 4.18. The highest BCUT2D eigenvalue weighted by atomic mass is 16.5. The molecule has 6 heteroatoms. The molecule has 0 saturated carbocycles. The summed E-state index contributed by atoms with van der Waals surface area (Å²) in [4.78, 5) is 35.4. The van der Waals surface area contributed by atoms with Crippen molar-refractivity contribution in [2.75, 3.05) is 12.4 Å². The van der Waals surface area contributed by atoms with Gasteiger partial charge in [0.15, 0.2) is 0 Å². The molecule has 1 aromatic carbocycles. The fourth-order valence-corrected chi connectivity index (χ4v) is 1.81. The quantitative estimate of drug-likeness (QED) is 0.866. The number of amides is 1. The van der Waals surface area contributed by atoms with Gasteiger partial charge in [-0.25, -0.2) is 4.79 Å². The summed E-state index contributed by atoms with van der Waals surface area (Å²) in [6.45, 7) is 0. The third-order valence-corrected chi connectivity index (χ3v) is 2.91. The maximum absolute atomic E-state index is 12.1. The molecule has 108 valence electrons. The van der Waals surface area contributed by atoms with Crippen LogP contribution in [0.1, 0.15) is 20.7 Å². The van der Waals surface area contributed by atoms with E-state index in [9.17, 15) is 14.4 Å². The van der Waals surface area contributed by atoms with Crippen molar-refractivity contribution in [2.24, 2.45) is 7.05 Å². The van der Waals surface area contributed by atoms with Gasteiger partial charge in [0.05, 0.1) is 12.7 Å². The smallest absolute Gasteiger partial charge is 0.337 e. The number of esters is 1. The molecule has 1 N–H and O–H groups in total. The second-order valence-corrected chi connectivity index (χ2v) is 4.36. The number of carbonyl (C=O) groups excluding carboxylic acids is 2. The first-order chi connectivity index (χ1) is 10.0. The summed E-state index contributed by atoms with van der Waals surface area (Å²) < 4.78 is 5.93. The maximum atomic E-state index is 12.1. The molecule has 1 amide bonds. The number of pyridine rings is 1. The number of nitrogens with zero attached hydrogens (tertiary/aromatic N) is 1. The summed E-state index contributed by atoms with van der Waals surface area (Å²) in [6, 6.07) is 9.35. The minimum atomic E-state index is -0.529. The van der Waals surface area contributed by atoms with E-state index in [2.05, 4.69) is 10.1 Å². The molecule has 21 heavy (non-hydrogen) atoms. The molecule has 0 unspecified atom stereocenters. The van der Waals surface area contributed by atoms with E-state index in [0.29, 0.717) is 11.3 Å². The molecule has 0 radical (unpaired) electrons. The van der Waals surface area contributed by atoms with Crippen LogP contribution in [-0.2, 0) is 11.8 Å². The first-order valence-corrected chi connectivity index (χ1v) is 6.18. The SMILES string of the molecule is COC(=O)c1cccc(NC(=O)c2cccn(C)c2=O)c1. The van der Waals surface area contributed by atoms with Crippen LogP contribution in [0, 0.1) is 0 Å². The van der Waals surface area contributed by atoms with Gasteiger partial charge in [0.1, 0.15) is 5.56 Å². The molecule has 1 heterocycles. The van der Waals surface area contributed by atoms with Crippen molar-refractivity contribution in [3.8, 4) is 0 Å².